The Morgan fingerprint density at radius 3 is 2.62 bits per heavy atom. The van der Waals surface area contributed by atoms with Gasteiger partial charge in [-0.3, -0.25) is 0 Å². The molecule has 0 saturated carbocycles. The first-order valence-electron chi connectivity index (χ1n) is 5.81. The Labute approximate surface area is 96.8 Å². The van der Waals surface area contributed by atoms with Crippen LogP contribution in [0, 0.1) is 5.92 Å². The Bertz CT molecular complexity index is 261. The van der Waals surface area contributed by atoms with Crippen LogP contribution >= 0.6 is 0 Å². The zero-order chi connectivity index (χ0) is 11.9. The first kappa shape index (κ1) is 12.0. The molecule has 2 aliphatic rings. The van der Waals surface area contributed by atoms with Gasteiger partial charge in [-0.1, -0.05) is 13.5 Å². The van der Waals surface area contributed by atoms with E-state index >= 15 is 0 Å². The first-order valence-corrected chi connectivity index (χ1v) is 5.81. The van der Waals surface area contributed by atoms with Crippen molar-refractivity contribution in [3.05, 3.63) is 12.7 Å². The predicted molar refractivity (Wildman–Crippen MR) is 61.0 cm³/mol. The molecule has 5 atom stereocenters. The molecule has 2 heterocycles. The maximum Gasteiger partial charge on any atom is 0.185 e. The molecule has 0 spiro atoms. The van der Waals surface area contributed by atoms with Crippen molar-refractivity contribution in [3.63, 3.8) is 0 Å². The molecule has 0 aromatic carbocycles. The minimum absolute atomic E-state index is 0.0528. The molecule has 5 unspecified atom stereocenters. The number of β-amino-alcohol motifs (C(OH)–C–C–N with tert-alkyl or cyclic N) is 1. The SMILES string of the molecule is C=CC1(C)OC2C(C)CN(C)CC(O)C2O1. The van der Waals surface area contributed by atoms with Crippen LogP contribution in [0.25, 0.3) is 0 Å². The monoisotopic (exact) mass is 227 g/mol. The van der Waals surface area contributed by atoms with Gasteiger partial charge in [-0.15, -0.1) is 0 Å². The van der Waals surface area contributed by atoms with E-state index in [1.165, 1.54) is 0 Å². The van der Waals surface area contributed by atoms with Crippen molar-refractivity contribution in [1.82, 2.24) is 4.90 Å². The minimum atomic E-state index is -0.750. The van der Waals surface area contributed by atoms with Crippen LogP contribution in [0.1, 0.15) is 13.8 Å². The topological polar surface area (TPSA) is 41.9 Å². The van der Waals surface area contributed by atoms with Crippen molar-refractivity contribution >= 4 is 0 Å². The standard InChI is InChI=1S/C12H21NO3/c1-5-12(3)15-10-8(2)6-13(4)7-9(14)11(10)16-12/h5,8-11,14H,1,6-7H2,2-4H3. The number of fused-ring (bicyclic) bond motifs is 1. The molecule has 0 bridgehead atoms. The van der Waals surface area contributed by atoms with Crippen molar-refractivity contribution in [2.45, 2.75) is 37.9 Å². The summed E-state index contributed by atoms with van der Waals surface area (Å²) in [7, 11) is 2.01. The zero-order valence-corrected chi connectivity index (χ0v) is 10.2. The lowest BCUT2D eigenvalue weighted by atomic mass is 9.99. The van der Waals surface area contributed by atoms with Gasteiger partial charge in [-0.05, 0) is 26.0 Å². The molecule has 2 rings (SSSR count). The smallest absolute Gasteiger partial charge is 0.185 e. The number of nitrogens with zero attached hydrogens (tertiary/aromatic N) is 1. The van der Waals surface area contributed by atoms with E-state index < -0.39 is 11.9 Å². The van der Waals surface area contributed by atoms with Gasteiger partial charge in [-0.2, -0.15) is 0 Å². The van der Waals surface area contributed by atoms with Gasteiger partial charge in [0.15, 0.2) is 5.79 Å². The van der Waals surface area contributed by atoms with Crippen molar-refractivity contribution in [2.75, 3.05) is 20.1 Å². The molecule has 2 saturated heterocycles. The predicted octanol–water partition coefficient (Wildman–Crippen LogP) is 0.615. The molecule has 16 heavy (non-hydrogen) atoms. The summed E-state index contributed by atoms with van der Waals surface area (Å²) in [6, 6.07) is 0. The molecule has 0 aromatic rings. The van der Waals surface area contributed by atoms with Crippen LogP contribution < -0.4 is 0 Å². The van der Waals surface area contributed by atoms with Crippen LogP contribution in [-0.2, 0) is 9.47 Å². The second-order valence-electron chi connectivity index (χ2n) is 5.15. The van der Waals surface area contributed by atoms with E-state index in [-0.39, 0.29) is 12.2 Å². The number of likely N-dealkylation sites (N-methyl/N-ethyl adjacent to an activating group) is 1. The molecule has 1 N–H and O–H groups in total. The average Bonchev–Trinajstić information content (AvgIpc) is 2.53. The van der Waals surface area contributed by atoms with Gasteiger partial charge in [0.05, 0.1) is 12.2 Å². The summed E-state index contributed by atoms with van der Waals surface area (Å²) >= 11 is 0. The van der Waals surface area contributed by atoms with E-state index in [9.17, 15) is 5.11 Å². The van der Waals surface area contributed by atoms with Crippen LogP contribution in [0.3, 0.4) is 0 Å². The van der Waals surface area contributed by atoms with E-state index in [2.05, 4.69) is 18.4 Å². The highest BCUT2D eigenvalue weighted by molar-refractivity contribution is 5.00. The molecule has 2 aliphatic heterocycles. The normalized spacial score (nSPS) is 49.8. The maximum atomic E-state index is 10.1. The summed E-state index contributed by atoms with van der Waals surface area (Å²) in [5.74, 6) is -0.408. The van der Waals surface area contributed by atoms with Gasteiger partial charge in [0.25, 0.3) is 0 Å². The van der Waals surface area contributed by atoms with Crippen molar-refractivity contribution in [2.24, 2.45) is 5.92 Å². The van der Waals surface area contributed by atoms with Crippen molar-refractivity contribution < 1.29 is 14.6 Å². The van der Waals surface area contributed by atoms with E-state index in [4.69, 9.17) is 9.47 Å². The summed E-state index contributed by atoms with van der Waals surface area (Å²) in [6.45, 7) is 9.23. The van der Waals surface area contributed by atoms with Crippen LogP contribution in [0.2, 0.25) is 0 Å². The Morgan fingerprint density at radius 1 is 1.38 bits per heavy atom. The maximum absolute atomic E-state index is 10.1. The number of rotatable bonds is 1. The fourth-order valence-corrected chi connectivity index (χ4v) is 2.63. The molecule has 4 nitrogen and oxygen atoms in total. The second-order valence-corrected chi connectivity index (χ2v) is 5.15. The molecular weight excluding hydrogens is 206 g/mol. The fraction of sp³-hybridized carbons (Fsp3) is 0.833. The van der Waals surface area contributed by atoms with Crippen LogP contribution in [-0.4, -0.2) is 54.2 Å². The second kappa shape index (κ2) is 4.11. The largest absolute Gasteiger partial charge is 0.389 e. The Kier molecular flexibility index (Phi) is 3.09. The Morgan fingerprint density at radius 2 is 2.00 bits per heavy atom. The molecule has 0 aromatic heterocycles. The molecular formula is C12H21NO3. The van der Waals surface area contributed by atoms with Gasteiger partial charge in [0.1, 0.15) is 6.10 Å². The van der Waals surface area contributed by atoms with E-state index in [0.717, 1.165) is 6.54 Å². The van der Waals surface area contributed by atoms with E-state index in [1.807, 2.05) is 14.0 Å². The lowest BCUT2D eigenvalue weighted by Crippen LogP contribution is -2.39. The molecule has 2 fully saturated rings. The van der Waals surface area contributed by atoms with Crippen molar-refractivity contribution in [3.8, 4) is 0 Å². The summed E-state index contributed by atoms with van der Waals surface area (Å²) in [5, 5.41) is 10.1. The zero-order valence-electron chi connectivity index (χ0n) is 10.2. The van der Waals surface area contributed by atoms with Gasteiger partial charge in [0, 0.05) is 13.1 Å². The highest BCUT2D eigenvalue weighted by atomic mass is 16.8. The van der Waals surface area contributed by atoms with Gasteiger partial charge in [0.2, 0.25) is 0 Å². The Balaban J connectivity index is 2.20. The summed E-state index contributed by atoms with van der Waals surface area (Å²) in [5.41, 5.74) is 0. The minimum Gasteiger partial charge on any atom is -0.389 e. The lowest BCUT2D eigenvalue weighted by molar-refractivity contribution is -0.138. The number of hydrogen-bond acceptors (Lipinski definition) is 4. The third kappa shape index (κ3) is 2.02. The van der Waals surface area contributed by atoms with Crippen LogP contribution in [0.15, 0.2) is 12.7 Å². The number of hydrogen-bond donors (Lipinski definition) is 1. The van der Waals surface area contributed by atoms with Gasteiger partial charge in [-0.25, -0.2) is 0 Å². The molecule has 4 heteroatoms. The van der Waals surface area contributed by atoms with E-state index in [1.54, 1.807) is 6.08 Å². The molecule has 0 radical (unpaired) electrons. The number of likely N-dealkylation sites (tertiary alicyclic amines) is 1. The highest BCUT2D eigenvalue weighted by Gasteiger charge is 2.49. The third-order valence-corrected chi connectivity index (χ3v) is 3.47. The van der Waals surface area contributed by atoms with E-state index in [0.29, 0.717) is 12.5 Å². The van der Waals surface area contributed by atoms with Crippen molar-refractivity contribution in [1.29, 1.82) is 0 Å². The van der Waals surface area contributed by atoms with Crippen LogP contribution in [0.4, 0.5) is 0 Å². The van der Waals surface area contributed by atoms with Crippen LogP contribution in [0.5, 0.6) is 0 Å². The number of ether oxygens (including phenoxy) is 2. The summed E-state index contributed by atoms with van der Waals surface area (Å²) in [4.78, 5) is 2.12. The summed E-state index contributed by atoms with van der Waals surface area (Å²) in [6.07, 6.45) is 0.859. The van der Waals surface area contributed by atoms with Gasteiger partial charge < -0.3 is 19.5 Å². The van der Waals surface area contributed by atoms with Gasteiger partial charge >= 0.3 is 0 Å². The highest BCUT2D eigenvalue weighted by Crippen LogP contribution is 2.36. The third-order valence-electron chi connectivity index (χ3n) is 3.47. The molecule has 92 valence electrons. The quantitative estimate of drug-likeness (QED) is 0.667. The molecule has 0 aliphatic carbocycles. The average molecular weight is 227 g/mol. The molecule has 0 amide bonds. The first-order chi connectivity index (χ1) is 7.45. The number of aliphatic hydroxyl groups excluding tert-OH is 1. The Hall–Kier alpha value is -0.420. The fourth-order valence-electron chi connectivity index (χ4n) is 2.63. The number of aliphatic hydroxyl groups is 1. The summed E-state index contributed by atoms with van der Waals surface area (Å²) < 4.78 is 11.7. The lowest BCUT2D eigenvalue weighted by Gasteiger charge is -2.24.